The molecule has 1 aromatic carbocycles. The second-order valence-electron chi connectivity index (χ2n) is 4.77. The smallest absolute Gasteiger partial charge is 0.335 e. The van der Waals surface area contributed by atoms with Crippen molar-refractivity contribution in [2.45, 2.75) is 18.8 Å². The molecule has 3 N–H and O–H groups in total. The van der Waals surface area contributed by atoms with Crippen LogP contribution in [-0.2, 0) is 0 Å². The molecule has 0 spiro atoms. The van der Waals surface area contributed by atoms with E-state index in [-0.39, 0.29) is 11.4 Å². The first-order valence-electron chi connectivity index (χ1n) is 6.31. The fraction of sp³-hybridized carbons (Fsp3) is 0.231. The average Bonchev–Trinajstić information content (AvgIpc) is 3.18. The molecule has 0 atom stereocenters. The van der Waals surface area contributed by atoms with Crippen LogP contribution < -0.4 is 5.32 Å². The molecule has 1 heterocycles. The van der Waals surface area contributed by atoms with Gasteiger partial charge in [-0.2, -0.15) is 0 Å². The van der Waals surface area contributed by atoms with Crippen LogP contribution in [0.3, 0.4) is 0 Å². The van der Waals surface area contributed by atoms with Crippen LogP contribution in [0.2, 0.25) is 0 Å². The number of nitrogens with zero attached hydrogens (tertiary/aromatic N) is 2. The fourth-order valence-corrected chi connectivity index (χ4v) is 2.19. The van der Waals surface area contributed by atoms with E-state index in [1.54, 1.807) is 6.07 Å². The largest absolute Gasteiger partial charge is 0.478 e. The third-order valence-electron chi connectivity index (χ3n) is 3.13. The lowest BCUT2D eigenvalue weighted by atomic mass is 10.2. The summed E-state index contributed by atoms with van der Waals surface area (Å²) in [5.74, 6) is -0.405. The number of hydrogen-bond acceptors (Lipinski definition) is 4. The predicted molar refractivity (Wildman–Crippen MR) is 77.4 cm³/mol. The molecule has 2 aromatic rings. The Morgan fingerprint density at radius 1 is 1.38 bits per heavy atom. The number of benzene rings is 1. The minimum atomic E-state index is -1.06. The maximum absolute atomic E-state index is 12.1. The molecule has 3 rings (SSSR count). The predicted octanol–water partition coefficient (Wildman–Crippen LogP) is 2.40. The Bertz CT molecular complexity index is 724. The summed E-state index contributed by atoms with van der Waals surface area (Å²) in [7, 11) is 0. The Labute approximate surface area is 127 Å². The highest BCUT2D eigenvalue weighted by molar-refractivity contribution is 9.10. The molecular formula is C13H11BrN4O3. The molecule has 7 nitrogen and oxygen atoms in total. The number of nitrogens with one attached hydrogen (secondary N) is 2. The third-order valence-corrected chi connectivity index (χ3v) is 3.82. The van der Waals surface area contributed by atoms with Crippen molar-refractivity contribution in [3.05, 3.63) is 39.9 Å². The van der Waals surface area contributed by atoms with Gasteiger partial charge in [-0.25, -0.2) is 9.78 Å². The highest BCUT2D eigenvalue weighted by Gasteiger charge is 2.28. The van der Waals surface area contributed by atoms with Crippen LogP contribution in [0.15, 0.2) is 22.7 Å². The number of aromatic nitrogens is 3. The van der Waals surface area contributed by atoms with Crippen molar-refractivity contribution in [3.63, 3.8) is 0 Å². The summed E-state index contributed by atoms with van der Waals surface area (Å²) in [6.07, 6.45) is 2.12. The second kappa shape index (κ2) is 5.28. The molecule has 108 valence electrons. The van der Waals surface area contributed by atoms with Gasteiger partial charge in [0.2, 0.25) is 5.82 Å². The van der Waals surface area contributed by atoms with Gasteiger partial charge in [0.15, 0.2) is 0 Å². The van der Waals surface area contributed by atoms with Crippen molar-refractivity contribution in [1.29, 1.82) is 0 Å². The van der Waals surface area contributed by atoms with Crippen LogP contribution in [0.25, 0.3) is 0 Å². The van der Waals surface area contributed by atoms with E-state index in [9.17, 15) is 9.59 Å². The van der Waals surface area contributed by atoms with Crippen LogP contribution in [0.1, 0.15) is 45.6 Å². The van der Waals surface area contributed by atoms with E-state index < -0.39 is 11.9 Å². The zero-order valence-corrected chi connectivity index (χ0v) is 12.3. The number of H-pyrrole nitrogens is 1. The number of halogens is 1. The fourth-order valence-electron chi connectivity index (χ4n) is 1.85. The maximum Gasteiger partial charge on any atom is 0.335 e. The molecule has 0 radical (unpaired) electrons. The number of amides is 1. The summed E-state index contributed by atoms with van der Waals surface area (Å²) in [6.45, 7) is 0. The van der Waals surface area contributed by atoms with Gasteiger partial charge in [0, 0.05) is 10.4 Å². The van der Waals surface area contributed by atoms with Gasteiger partial charge in [-0.15, -0.1) is 5.10 Å². The van der Waals surface area contributed by atoms with Crippen molar-refractivity contribution in [1.82, 2.24) is 15.2 Å². The van der Waals surface area contributed by atoms with Crippen LogP contribution in [0.4, 0.5) is 5.69 Å². The van der Waals surface area contributed by atoms with Gasteiger partial charge in [-0.3, -0.25) is 9.89 Å². The van der Waals surface area contributed by atoms with Crippen LogP contribution >= 0.6 is 15.9 Å². The van der Waals surface area contributed by atoms with E-state index in [0.29, 0.717) is 16.1 Å². The van der Waals surface area contributed by atoms with E-state index in [2.05, 4.69) is 36.4 Å². The lowest BCUT2D eigenvalue weighted by molar-refractivity contribution is 0.0696. The Balaban J connectivity index is 1.79. The molecule has 0 bridgehead atoms. The number of carbonyl (C=O) groups is 2. The average molecular weight is 351 g/mol. The topological polar surface area (TPSA) is 108 Å². The molecule has 1 aromatic heterocycles. The van der Waals surface area contributed by atoms with Crippen molar-refractivity contribution >= 4 is 33.5 Å². The molecule has 1 fully saturated rings. The van der Waals surface area contributed by atoms with E-state index in [0.717, 1.165) is 18.7 Å². The maximum atomic E-state index is 12.1. The quantitative estimate of drug-likeness (QED) is 0.784. The first kappa shape index (κ1) is 13.7. The summed E-state index contributed by atoms with van der Waals surface area (Å²) < 4.78 is 0.582. The molecule has 0 unspecified atom stereocenters. The number of aromatic carboxylic acids is 1. The lowest BCUT2D eigenvalue weighted by Gasteiger charge is -2.06. The normalized spacial score (nSPS) is 14.0. The number of aromatic amines is 1. The number of hydrogen-bond donors (Lipinski definition) is 3. The SMILES string of the molecule is O=C(O)c1ccc(Br)c(NC(=O)c2n[nH]c(C3CC3)n2)c1. The van der Waals surface area contributed by atoms with Crippen molar-refractivity contribution < 1.29 is 14.7 Å². The summed E-state index contributed by atoms with van der Waals surface area (Å²) in [4.78, 5) is 27.2. The molecule has 0 saturated heterocycles. The summed E-state index contributed by atoms with van der Waals surface area (Å²) in [5.41, 5.74) is 0.444. The number of carbonyl (C=O) groups excluding carboxylic acids is 1. The zero-order valence-electron chi connectivity index (χ0n) is 10.8. The van der Waals surface area contributed by atoms with Crippen molar-refractivity contribution in [2.75, 3.05) is 5.32 Å². The Hall–Kier alpha value is -2.22. The van der Waals surface area contributed by atoms with Crippen LogP contribution in [0.5, 0.6) is 0 Å². The molecular weight excluding hydrogens is 340 g/mol. The summed E-state index contributed by atoms with van der Waals surface area (Å²) >= 11 is 3.26. The lowest BCUT2D eigenvalue weighted by Crippen LogP contribution is -2.14. The highest BCUT2D eigenvalue weighted by Crippen LogP contribution is 2.37. The van der Waals surface area contributed by atoms with Crippen LogP contribution in [-0.4, -0.2) is 32.2 Å². The van der Waals surface area contributed by atoms with Gasteiger partial charge < -0.3 is 10.4 Å². The van der Waals surface area contributed by atoms with Gasteiger partial charge >= 0.3 is 5.97 Å². The second-order valence-corrected chi connectivity index (χ2v) is 5.63. The minimum absolute atomic E-state index is 0.0459. The van der Waals surface area contributed by atoms with E-state index in [1.807, 2.05) is 0 Å². The number of carboxylic acid groups (broad SMARTS) is 1. The molecule has 1 amide bonds. The van der Waals surface area contributed by atoms with Gasteiger partial charge in [-0.05, 0) is 47.0 Å². The molecule has 0 aliphatic heterocycles. The van der Waals surface area contributed by atoms with Crippen LogP contribution in [0, 0.1) is 0 Å². The third kappa shape index (κ3) is 2.94. The molecule has 21 heavy (non-hydrogen) atoms. The zero-order chi connectivity index (χ0) is 15.0. The summed E-state index contributed by atoms with van der Waals surface area (Å²) in [5, 5.41) is 18.2. The first-order valence-corrected chi connectivity index (χ1v) is 7.10. The van der Waals surface area contributed by atoms with Gasteiger partial charge in [0.25, 0.3) is 5.91 Å². The number of anilines is 1. The Morgan fingerprint density at radius 2 is 2.14 bits per heavy atom. The molecule has 1 aliphatic carbocycles. The molecule has 1 aliphatic rings. The Kier molecular flexibility index (Phi) is 3.46. The van der Waals surface area contributed by atoms with Gasteiger partial charge in [-0.1, -0.05) is 0 Å². The summed E-state index contributed by atoms with van der Waals surface area (Å²) in [6, 6.07) is 4.38. The number of carboxylic acids is 1. The van der Waals surface area contributed by atoms with Crippen molar-refractivity contribution in [3.8, 4) is 0 Å². The van der Waals surface area contributed by atoms with E-state index in [1.165, 1.54) is 12.1 Å². The van der Waals surface area contributed by atoms with E-state index >= 15 is 0 Å². The molecule has 1 saturated carbocycles. The van der Waals surface area contributed by atoms with Crippen molar-refractivity contribution in [2.24, 2.45) is 0 Å². The van der Waals surface area contributed by atoms with E-state index in [4.69, 9.17) is 5.11 Å². The highest BCUT2D eigenvalue weighted by atomic mass is 79.9. The Morgan fingerprint density at radius 3 is 2.81 bits per heavy atom. The van der Waals surface area contributed by atoms with Gasteiger partial charge in [0.05, 0.1) is 11.3 Å². The van der Waals surface area contributed by atoms with Gasteiger partial charge in [0.1, 0.15) is 5.82 Å². The minimum Gasteiger partial charge on any atom is -0.478 e. The first-order chi connectivity index (χ1) is 10.0. The molecule has 8 heteroatoms. The monoisotopic (exact) mass is 350 g/mol. The number of rotatable bonds is 4. The standard InChI is InChI=1S/C13H11BrN4O3/c14-8-4-3-7(13(20)21)5-9(8)15-12(19)11-16-10(17-18-11)6-1-2-6/h3-6H,1-2H2,(H,15,19)(H,20,21)(H,16,17,18).